The van der Waals surface area contributed by atoms with Gasteiger partial charge in [-0.05, 0) is 55.7 Å². The fourth-order valence-electron chi connectivity index (χ4n) is 3.40. The Balaban J connectivity index is 1.52. The molecule has 1 atom stereocenters. The van der Waals surface area contributed by atoms with Gasteiger partial charge >= 0.3 is 0 Å². The molecule has 2 nitrogen and oxygen atoms in total. The minimum atomic E-state index is 0.386. The number of nitrogens with zero attached hydrogens (tertiary/aromatic N) is 1. The number of hydrogen-bond donors (Lipinski definition) is 1. The van der Waals surface area contributed by atoms with Crippen LogP contribution in [0.3, 0.4) is 0 Å². The van der Waals surface area contributed by atoms with Crippen LogP contribution >= 0.6 is 0 Å². The molecule has 0 aliphatic heterocycles. The van der Waals surface area contributed by atoms with Crippen LogP contribution in [-0.4, -0.2) is 11.0 Å². The lowest BCUT2D eigenvalue weighted by Gasteiger charge is -2.31. The molecule has 0 radical (unpaired) electrons. The van der Waals surface area contributed by atoms with Gasteiger partial charge in [0.2, 0.25) is 0 Å². The van der Waals surface area contributed by atoms with Gasteiger partial charge in [0, 0.05) is 24.5 Å². The average molecular weight is 280 g/mol. The smallest absolute Gasteiger partial charge is 0.0315 e. The van der Waals surface area contributed by atoms with Crippen LogP contribution in [0.15, 0.2) is 54.9 Å². The summed E-state index contributed by atoms with van der Waals surface area (Å²) in [5.74, 6) is 0.748. The van der Waals surface area contributed by atoms with E-state index in [1.54, 1.807) is 0 Å². The third-order valence-corrected chi connectivity index (χ3v) is 4.67. The SMILES string of the molecule is C[C@@H](NC1CCC(c2ccccc2)CC1)c1cccnc1. The Morgan fingerprint density at radius 1 is 1.00 bits per heavy atom. The largest absolute Gasteiger partial charge is 0.307 e. The summed E-state index contributed by atoms with van der Waals surface area (Å²) in [5, 5.41) is 3.77. The highest BCUT2D eigenvalue weighted by Crippen LogP contribution is 2.33. The molecule has 1 aliphatic rings. The second-order valence-electron chi connectivity index (χ2n) is 6.13. The number of benzene rings is 1. The van der Waals surface area contributed by atoms with Crippen molar-refractivity contribution in [2.75, 3.05) is 0 Å². The van der Waals surface area contributed by atoms with Crippen LogP contribution in [0, 0.1) is 0 Å². The molecule has 1 aliphatic carbocycles. The van der Waals surface area contributed by atoms with Crippen LogP contribution in [0.4, 0.5) is 0 Å². The molecule has 0 saturated heterocycles. The van der Waals surface area contributed by atoms with Crippen molar-refractivity contribution < 1.29 is 0 Å². The zero-order valence-corrected chi connectivity index (χ0v) is 12.7. The van der Waals surface area contributed by atoms with E-state index in [1.165, 1.54) is 36.8 Å². The molecule has 2 heteroatoms. The fourth-order valence-corrected chi connectivity index (χ4v) is 3.40. The van der Waals surface area contributed by atoms with Crippen LogP contribution in [0.2, 0.25) is 0 Å². The van der Waals surface area contributed by atoms with Crippen LogP contribution in [0.25, 0.3) is 0 Å². The summed E-state index contributed by atoms with van der Waals surface area (Å²) in [5.41, 5.74) is 2.79. The summed E-state index contributed by atoms with van der Waals surface area (Å²) in [6.45, 7) is 2.24. The summed E-state index contributed by atoms with van der Waals surface area (Å²) in [4.78, 5) is 4.21. The highest BCUT2D eigenvalue weighted by molar-refractivity contribution is 5.20. The molecule has 21 heavy (non-hydrogen) atoms. The second kappa shape index (κ2) is 6.86. The van der Waals surface area contributed by atoms with E-state index in [4.69, 9.17) is 0 Å². The maximum Gasteiger partial charge on any atom is 0.0315 e. The van der Waals surface area contributed by atoms with Crippen LogP contribution < -0.4 is 5.32 Å². The quantitative estimate of drug-likeness (QED) is 0.894. The first kappa shape index (κ1) is 14.3. The highest BCUT2D eigenvalue weighted by Gasteiger charge is 2.23. The molecule has 1 fully saturated rings. The molecule has 0 unspecified atom stereocenters. The van der Waals surface area contributed by atoms with Crippen molar-refractivity contribution in [2.45, 2.75) is 50.6 Å². The molecule has 1 N–H and O–H groups in total. The monoisotopic (exact) mass is 280 g/mol. The van der Waals surface area contributed by atoms with Crippen molar-refractivity contribution >= 4 is 0 Å². The summed E-state index contributed by atoms with van der Waals surface area (Å²) in [6.07, 6.45) is 8.92. The summed E-state index contributed by atoms with van der Waals surface area (Å²) in [7, 11) is 0. The lowest BCUT2D eigenvalue weighted by Crippen LogP contribution is -2.34. The number of hydrogen-bond acceptors (Lipinski definition) is 2. The predicted molar refractivity (Wildman–Crippen MR) is 87.2 cm³/mol. The van der Waals surface area contributed by atoms with Gasteiger partial charge in [0.25, 0.3) is 0 Å². The lowest BCUT2D eigenvalue weighted by atomic mass is 9.81. The van der Waals surface area contributed by atoms with E-state index in [1.807, 2.05) is 18.5 Å². The summed E-state index contributed by atoms with van der Waals surface area (Å²) < 4.78 is 0. The maximum absolute atomic E-state index is 4.21. The van der Waals surface area contributed by atoms with Gasteiger partial charge in [0.15, 0.2) is 0 Å². The molecule has 0 amide bonds. The summed E-state index contributed by atoms with van der Waals surface area (Å²) >= 11 is 0. The molecular formula is C19H24N2. The standard InChI is InChI=1S/C19H24N2/c1-15(18-8-5-13-20-14-18)21-19-11-9-17(10-12-19)16-6-3-2-4-7-16/h2-8,13-15,17,19,21H,9-12H2,1H3/t15-,17?,19?/m1/s1. The van der Waals surface area contributed by atoms with Crippen LogP contribution in [0.5, 0.6) is 0 Å². The van der Waals surface area contributed by atoms with Crippen molar-refractivity contribution in [3.8, 4) is 0 Å². The number of nitrogens with one attached hydrogen (secondary N) is 1. The van der Waals surface area contributed by atoms with E-state index >= 15 is 0 Å². The number of aromatic nitrogens is 1. The molecule has 0 spiro atoms. The van der Waals surface area contributed by atoms with E-state index in [2.05, 4.69) is 53.6 Å². The highest BCUT2D eigenvalue weighted by atomic mass is 14.9. The Bertz CT molecular complexity index is 530. The topological polar surface area (TPSA) is 24.9 Å². The first-order valence-corrected chi connectivity index (χ1v) is 8.04. The Hall–Kier alpha value is -1.67. The van der Waals surface area contributed by atoms with E-state index in [0.29, 0.717) is 12.1 Å². The zero-order valence-electron chi connectivity index (χ0n) is 12.7. The van der Waals surface area contributed by atoms with Crippen molar-refractivity contribution in [1.82, 2.24) is 10.3 Å². The second-order valence-corrected chi connectivity index (χ2v) is 6.13. The van der Waals surface area contributed by atoms with Gasteiger partial charge < -0.3 is 5.32 Å². The first-order valence-electron chi connectivity index (χ1n) is 8.04. The van der Waals surface area contributed by atoms with Gasteiger partial charge in [-0.2, -0.15) is 0 Å². The van der Waals surface area contributed by atoms with E-state index in [-0.39, 0.29) is 0 Å². The molecule has 1 saturated carbocycles. The first-order chi connectivity index (χ1) is 10.3. The molecule has 1 aromatic carbocycles. The molecule has 3 rings (SSSR count). The molecule has 1 heterocycles. The molecular weight excluding hydrogens is 256 g/mol. The van der Waals surface area contributed by atoms with Crippen LogP contribution in [-0.2, 0) is 0 Å². The van der Waals surface area contributed by atoms with Crippen molar-refractivity contribution in [1.29, 1.82) is 0 Å². The molecule has 0 bridgehead atoms. The molecule has 2 aromatic rings. The predicted octanol–water partition coefficient (Wildman–Crippen LogP) is 4.46. The third-order valence-electron chi connectivity index (χ3n) is 4.67. The van der Waals surface area contributed by atoms with Crippen molar-refractivity contribution in [3.63, 3.8) is 0 Å². The normalized spacial score (nSPS) is 23.7. The van der Waals surface area contributed by atoms with Crippen molar-refractivity contribution in [2.24, 2.45) is 0 Å². The zero-order chi connectivity index (χ0) is 14.5. The fraction of sp³-hybridized carbons (Fsp3) is 0.421. The van der Waals surface area contributed by atoms with Gasteiger partial charge in [-0.1, -0.05) is 36.4 Å². The van der Waals surface area contributed by atoms with Gasteiger partial charge in [0.05, 0.1) is 0 Å². The van der Waals surface area contributed by atoms with Crippen LogP contribution in [0.1, 0.15) is 55.7 Å². The average Bonchev–Trinajstić information content (AvgIpc) is 2.57. The Kier molecular flexibility index (Phi) is 4.66. The van der Waals surface area contributed by atoms with E-state index in [0.717, 1.165) is 5.92 Å². The van der Waals surface area contributed by atoms with Crippen molar-refractivity contribution in [3.05, 3.63) is 66.0 Å². The maximum atomic E-state index is 4.21. The van der Waals surface area contributed by atoms with Gasteiger partial charge in [-0.25, -0.2) is 0 Å². The minimum Gasteiger partial charge on any atom is -0.307 e. The Morgan fingerprint density at radius 3 is 2.43 bits per heavy atom. The molecule has 1 aromatic heterocycles. The van der Waals surface area contributed by atoms with Gasteiger partial charge in [0.1, 0.15) is 0 Å². The third kappa shape index (κ3) is 3.70. The Morgan fingerprint density at radius 2 is 1.76 bits per heavy atom. The summed E-state index contributed by atoms with van der Waals surface area (Å²) in [6, 6.07) is 16.2. The van der Waals surface area contributed by atoms with E-state index in [9.17, 15) is 0 Å². The number of rotatable bonds is 4. The van der Waals surface area contributed by atoms with Gasteiger partial charge in [-0.3, -0.25) is 4.98 Å². The Labute approximate surface area is 127 Å². The minimum absolute atomic E-state index is 0.386. The van der Waals surface area contributed by atoms with Gasteiger partial charge in [-0.15, -0.1) is 0 Å². The number of pyridine rings is 1. The molecule has 110 valence electrons. The lowest BCUT2D eigenvalue weighted by molar-refractivity contribution is 0.321. The van der Waals surface area contributed by atoms with E-state index < -0.39 is 0 Å².